The lowest BCUT2D eigenvalue weighted by Gasteiger charge is -2.18. The Balaban J connectivity index is 5.13. The summed E-state index contributed by atoms with van der Waals surface area (Å²) < 4.78 is 58.7. The minimum Gasteiger partial charge on any atom is -0.462 e. The van der Waals surface area contributed by atoms with Crippen LogP contribution in [0.3, 0.4) is 0 Å². The molecule has 0 aromatic carbocycles. The number of hydrogen-bond donors (Lipinski definition) is 0. The van der Waals surface area contributed by atoms with Gasteiger partial charge >= 0.3 is 17.9 Å². The van der Waals surface area contributed by atoms with Gasteiger partial charge in [0.1, 0.15) is 13.1 Å². The number of rotatable bonds is 47. The van der Waals surface area contributed by atoms with Crippen LogP contribution in [0.2, 0.25) is 0 Å². The van der Waals surface area contributed by atoms with Gasteiger partial charge in [-0.05, 0) is 83.5 Å². The summed E-state index contributed by atoms with van der Waals surface area (Å²) in [6, 6.07) is 0. The third-order valence-corrected chi connectivity index (χ3v) is 10.8. The Morgan fingerprint density at radius 2 is 0.683 bits per heavy atom. The van der Waals surface area contributed by atoms with Gasteiger partial charge in [-0.2, -0.15) is 0 Å². The number of allylic oxidation sites excluding steroid dienone is 12. The fourth-order valence-corrected chi connectivity index (χ4v) is 6.90. The average Bonchev–Trinajstić information content (AvgIpc) is 3.29. The minimum atomic E-state index is -3.53. The molecule has 0 spiro atoms. The fourth-order valence-electron chi connectivity index (χ4n) is 6.90. The Morgan fingerprint density at radius 3 is 1.08 bits per heavy atom. The van der Waals surface area contributed by atoms with E-state index < -0.39 is 37.1 Å². The lowest BCUT2D eigenvalue weighted by atomic mass is 10.0. The van der Waals surface area contributed by atoms with Crippen molar-refractivity contribution in [3.63, 3.8) is 0 Å². The van der Waals surface area contributed by atoms with Crippen molar-refractivity contribution in [2.24, 2.45) is 0 Å². The van der Waals surface area contributed by atoms with Crippen LogP contribution in [0.15, 0.2) is 72.9 Å². The minimum absolute atomic E-state index is 0.146. The smallest absolute Gasteiger partial charge is 0.306 e. The van der Waals surface area contributed by atoms with Crippen LogP contribution in [0.4, 0.5) is 0 Å². The van der Waals surface area contributed by atoms with Crippen molar-refractivity contribution in [3.05, 3.63) is 72.9 Å². The second-order valence-electron chi connectivity index (χ2n) is 16.9. The number of unbranched alkanes of at least 4 members (excludes halogenated alkanes) is 24. The van der Waals surface area contributed by atoms with E-state index in [0.717, 1.165) is 89.9 Å². The summed E-state index contributed by atoms with van der Waals surface area (Å²) in [6.07, 6.45) is 55.0. The molecule has 0 heterocycles. The molecule has 0 aliphatic heterocycles. The maximum absolute atomic E-state index is 13.1. The molecule has 6 nitrogen and oxygen atoms in total. The summed E-state index contributed by atoms with van der Waals surface area (Å²) >= 11 is 0. The van der Waals surface area contributed by atoms with Gasteiger partial charge in [-0.25, -0.2) is 0 Å². The van der Waals surface area contributed by atoms with Crippen LogP contribution >= 0.6 is 0 Å². The molecule has 0 aliphatic carbocycles. The quantitative estimate of drug-likeness (QED) is 0.0262. The molecule has 1 atom stereocenters. The van der Waals surface area contributed by atoms with Crippen LogP contribution in [-0.4, -0.2) is 37.1 Å². The van der Waals surface area contributed by atoms with Crippen molar-refractivity contribution in [3.8, 4) is 0 Å². The van der Waals surface area contributed by atoms with E-state index in [1.165, 1.54) is 89.9 Å². The molecule has 6 heteroatoms. The first-order valence-electron chi connectivity index (χ1n) is 28.4. The summed E-state index contributed by atoms with van der Waals surface area (Å²) in [6.45, 7) is -0.382. The van der Waals surface area contributed by atoms with E-state index in [0.29, 0.717) is 32.1 Å². The van der Waals surface area contributed by atoms with E-state index in [4.69, 9.17) is 21.1 Å². The maximum Gasteiger partial charge on any atom is 0.306 e. The van der Waals surface area contributed by atoms with Gasteiger partial charge in [0.15, 0.2) is 6.08 Å². The summed E-state index contributed by atoms with van der Waals surface area (Å²) in [5, 5.41) is 0. The van der Waals surface area contributed by atoms with Crippen LogP contribution in [0, 0.1) is 0 Å². The molecule has 0 fully saturated rings. The topological polar surface area (TPSA) is 78.9 Å². The van der Waals surface area contributed by atoms with Gasteiger partial charge in [0.25, 0.3) is 0 Å². The molecule has 0 radical (unpaired) electrons. The van der Waals surface area contributed by atoms with Crippen LogP contribution in [0.25, 0.3) is 0 Å². The number of hydrogen-bond acceptors (Lipinski definition) is 6. The maximum atomic E-state index is 13.1. The standard InChI is InChI=1S/C57H98O6/c1-4-7-10-13-16-19-22-25-27-28-30-33-36-39-42-45-48-51-57(60)63-54(52-61-55(58)49-46-43-40-37-34-31-24-21-18-15-12-9-6-3)53-62-56(59)50-47-44-41-38-35-32-29-26-23-20-17-14-11-8-5-2/h7,10,16,19,25-27,29-30,33,39,42,54H,4-6,8-9,11-15,17-18,20-24,28,31-32,34-38,40-41,43-53H2,1-3H3/b10-7-,19-16-,27-25-,29-26-,33-30-,42-39-/i52D2,53D2,54D. The first kappa shape index (κ1) is 50.8. The normalized spacial score (nSPS) is 14.7. The van der Waals surface area contributed by atoms with E-state index in [2.05, 4.69) is 81.5 Å². The number of esters is 3. The molecule has 0 aromatic rings. The predicted molar refractivity (Wildman–Crippen MR) is 270 cm³/mol. The Labute approximate surface area is 396 Å². The van der Waals surface area contributed by atoms with Crippen LogP contribution in [0.5, 0.6) is 0 Å². The lowest BCUT2D eigenvalue weighted by molar-refractivity contribution is -0.167. The van der Waals surface area contributed by atoms with Crippen LogP contribution in [-0.2, 0) is 28.6 Å². The molecule has 0 aromatic heterocycles. The molecular formula is C57H98O6. The van der Waals surface area contributed by atoms with Gasteiger partial charge in [-0.15, -0.1) is 0 Å². The Bertz CT molecular complexity index is 1420. The Kier molecular flexibility index (Phi) is 41.5. The summed E-state index contributed by atoms with van der Waals surface area (Å²) in [7, 11) is 0. The van der Waals surface area contributed by atoms with E-state index in [9.17, 15) is 14.4 Å². The van der Waals surface area contributed by atoms with Gasteiger partial charge in [-0.1, -0.05) is 222 Å². The zero-order valence-electron chi connectivity index (χ0n) is 45.8. The Morgan fingerprint density at radius 1 is 0.381 bits per heavy atom. The van der Waals surface area contributed by atoms with Crippen molar-refractivity contribution in [1.29, 1.82) is 0 Å². The highest BCUT2D eigenvalue weighted by Gasteiger charge is 2.19. The summed E-state index contributed by atoms with van der Waals surface area (Å²) in [5.74, 6) is -3.05. The first-order valence-corrected chi connectivity index (χ1v) is 25.9. The van der Waals surface area contributed by atoms with E-state index in [-0.39, 0.29) is 19.3 Å². The van der Waals surface area contributed by atoms with Crippen molar-refractivity contribution >= 4 is 17.9 Å². The zero-order valence-corrected chi connectivity index (χ0v) is 40.8. The summed E-state index contributed by atoms with van der Waals surface area (Å²) in [4.78, 5) is 39.0. The van der Waals surface area contributed by atoms with Crippen molar-refractivity contribution in [2.45, 2.75) is 258 Å². The molecule has 0 aliphatic rings. The number of carbonyl (C=O) groups excluding carboxylic acids is 3. The van der Waals surface area contributed by atoms with Crippen molar-refractivity contribution < 1.29 is 35.4 Å². The van der Waals surface area contributed by atoms with Crippen molar-refractivity contribution in [2.75, 3.05) is 13.1 Å². The molecule has 362 valence electrons. The van der Waals surface area contributed by atoms with Gasteiger partial charge in [-0.3, -0.25) is 14.4 Å². The fraction of sp³-hybridized carbons (Fsp3) is 0.737. The third-order valence-electron chi connectivity index (χ3n) is 10.8. The third kappa shape index (κ3) is 49.7. The van der Waals surface area contributed by atoms with Crippen LogP contribution < -0.4 is 0 Å². The highest BCUT2D eigenvalue weighted by Crippen LogP contribution is 2.15. The Hall–Kier alpha value is -3.15. The molecule has 0 N–H and O–H groups in total. The average molecular weight is 884 g/mol. The lowest BCUT2D eigenvalue weighted by Crippen LogP contribution is -2.30. The van der Waals surface area contributed by atoms with Crippen LogP contribution in [0.1, 0.15) is 259 Å². The largest absolute Gasteiger partial charge is 0.462 e. The SMILES string of the molecule is [2H]C([2H])(OC(=O)CCCCCCC/C=C\CCCCCCCC)C([2H])(OC(=O)CCC/C=C\C/C=C\C/C=C\C/C=C\C/C=C\CC)C([2H])([2H])OC(=O)CCCCCCCCCCCCCCC. The summed E-state index contributed by atoms with van der Waals surface area (Å²) in [5.41, 5.74) is 0. The predicted octanol–water partition coefficient (Wildman–Crippen LogP) is 17.4. The van der Waals surface area contributed by atoms with E-state index >= 15 is 0 Å². The second kappa shape index (κ2) is 51.5. The highest BCUT2D eigenvalue weighted by atomic mass is 16.6. The molecule has 0 bridgehead atoms. The molecule has 0 rings (SSSR count). The molecule has 0 amide bonds. The second-order valence-corrected chi connectivity index (χ2v) is 16.9. The number of carbonyl (C=O) groups is 3. The molecule has 0 saturated heterocycles. The highest BCUT2D eigenvalue weighted by molar-refractivity contribution is 5.71. The van der Waals surface area contributed by atoms with Gasteiger partial charge in [0, 0.05) is 19.3 Å². The van der Waals surface area contributed by atoms with E-state index in [1.807, 2.05) is 12.2 Å². The molecular weight excluding hydrogens is 781 g/mol. The van der Waals surface area contributed by atoms with Crippen molar-refractivity contribution in [1.82, 2.24) is 0 Å². The first-order chi connectivity index (χ1) is 32.9. The van der Waals surface area contributed by atoms with Gasteiger partial charge in [0.05, 0.1) is 6.85 Å². The zero-order chi connectivity index (χ0) is 50.3. The van der Waals surface area contributed by atoms with E-state index in [1.54, 1.807) is 0 Å². The molecule has 63 heavy (non-hydrogen) atoms. The van der Waals surface area contributed by atoms with Gasteiger partial charge < -0.3 is 14.2 Å². The van der Waals surface area contributed by atoms with Gasteiger partial charge in [0.2, 0.25) is 0 Å². The molecule has 0 saturated carbocycles. The number of ether oxygens (including phenoxy) is 3. The molecule has 1 unspecified atom stereocenters. The monoisotopic (exact) mass is 884 g/mol.